The van der Waals surface area contributed by atoms with Crippen LogP contribution in [0.3, 0.4) is 0 Å². The molecular weight excluding hydrogens is 1740 g/mol. The topological polar surface area (TPSA) is 433 Å². The van der Waals surface area contributed by atoms with E-state index in [2.05, 4.69) is 133 Å². The Hall–Kier alpha value is -13.1. The number of carbonyl (C=O) groups excluding carboxylic acids is 8. The van der Waals surface area contributed by atoms with Crippen molar-refractivity contribution in [2.24, 2.45) is 47.3 Å². The normalized spacial score (nSPS) is 20.5. The largest absolute Gasteiger partial charge is 0.488 e. The Morgan fingerprint density at radius 3 is 1.18 bits per heavy atom. The first-order chi connectivity index (χ1) is 65.1. The number of benzene rings is 6. The van der Waals surface area contributed by atoms with Crippen molar-refractivity contribution >= 4 is 97.8 Å². The number of alkyl carbamates (subject to hydrolysis) is 4. The summed E-state index contributed by atoms with van der Waals surface area (Å²) >= 11 is 0. The SMILES string of the molecule is CCC(C)C(NC(=O)OC)C(=O)N1CC(COC)C[C@H]1c1nc2c(ccc3cc4c(cc32)OCc2cc(-c3cnc(C5C[C@H](C)CN5C(=O)[C@@H](NC(=O)OC)[C@@H](C)CC)[nH]3)ccc2-4)[nH]1.CC[C@H](C)[C@H](NC(=O)OC)C(=O)N1C[C@@H](C)CC1c1ncc(-c2ccc3c(c2)COc2cc4c(ccc5[nH]c([C@@H]6CC(COC)CN6C(=O)OC(C)(C)C)nc54)cc2-3)[nH]1.CC[C@H](C)[C@H](NC(=O)OC)C(=O)O. The van der Waals surface area contributed by atoms with Gasteiger partial charge in [-0.25, -0.2) is 48.7 Å². The van der Waals surface area contributed by atoms with Gasteiger partial charge in [0.2, 0.25) is 17.7 Å². The summed E-state index contributed by atoms with van der Waals surface area (Å²) < 4.78 is 48.6. The molecule has 0 saturated carbocycles. The molecule has 16 atom stereocenters. The van der Waals surface area contributed by atoms with Crippen LogP contribution in [-0.2, 0) is 65.5 Å². The highest BCUT2D eigenvalue weighted by Gasteiger charge is 2.47. The van der Waals surface area contributed by atoms with E-state index in [0.29, 0.717) is 83.5 Å². The first-order valence-electron chi connectivity index (χ1n) is 47.2. The molecule has 10 heterocycles. The lowest BCUT2D eigenvalue weighted by molar-refractivity contribution is -0.141. The van der Waals surface area contributed by atoms with Gasteiger partial charge >= 0.3 is 36.4 Å². The molecule has 136 heavy (non-hydrogen) atoms. The van der Waals surface area contributed by atoms with Gasteiger partial charge in [0.15, 0.2) is 0 Å². The molecule has 6 aromatic carbocycles. The Kier molecular flexibility index (Phi) is 30.9. The number of hydrogen-bond acceptors (Lipinski definition) is 22. The Morgan fingerprint density at radius 1 is 0.449 bits per heavy atom. The molecule has 4 saturated heterocycles. The molecule has 0 aliphatic carbocycles. The minimum atomic E-state index is -1.04. The molecule has 4 fully saturated rings. The van der Waals surface area contributed by atoms with E-state index in [1.54, 1.807) is 26.0 Å². The molecule has 728 valence electrons. The maximum absolute atomic E-state index is 14.2. The summed E-state index contributed by atoms with van der Waals surface area (Å²) in [5, 5.41) is 23.3. The van der Waals surface area contributed by atoms with Crippen LogP contribution in [0.25, 0.3) is 88.4 Å². The average molecular weight is 1870 g/mol. The van der Waals surface area contributed by atoms with Gasteiger partial charge < -0.3 is 104 Å². The van der Waals surface area contributed by atoms with Crippen molar-refractivity contribution in [3.8, 4) is 56.3 Å². The van der Waals surface area contributed by atoms with Crippen LogP contribution >= 0.6 is 0 Å². The number of aromatic amines is 4. The molecule has 35 nitrogen and oxygen atoms in total. The third kappa shape index (κ3) is 21.3. The summed E-state index contributed by atoms with van der Waals surface area (Å²) in [7, 11) is 8.45. The van der Waals surface area contributed by atoms with Crippen LogP contribution < -0.4 is 30.7 Å². The molecular formula is C101H130N16O19. The number of carbonyl (C=O) groups is 9. The smallest absolute Gasteiger partial charge is 0.410 e. The maximum atomic E-state index is 14.2. The number of nitrogens with one attached hydrogen (secondary N) is 8. The van der Waals surface area contributed by atoms with Crippen molar-refractivity contribution in [3.05, 3.63) is 132 Å². The third-order valence-corrected chi connectivity index (χ3v) is 27.6. The van der Waals surface area contributed by atoms with Gasteiger partial charge in [0.05, 0.1) is 112 Å². The van der Waals surface area contributed by atoms with E-state index in [1.165, 1.54) is 28.4 Å². The summed E-state index contributed by atoms with van der Waals surface area (Å²) in [6.45, 7) is 29.3. The second-order valence-electron chi connectivity index (χ2n) is 38.3. The van der Waals surface area contributed by atoms with Crippen molar-refractivity contribution in [1.82, 2.24) is 80.7 Å². The van der Waals surface area contributed by atoms with E-state index >= 15 is 0 Å². The van der Waals surface area contributed by atoms with Crippen molar-refractivity contribution in [3.63, 3.8) is 0 Å². The minimum Gasteiger partial charge on any atom is -0.488 e. The quantitative estimate of drug-likeness (QED) is 0.0227. The van der Waals surface area contributed by atoms with Gasteiger partial charge in [-0.1, -0.05) is 131 Å². The Bertz CT molecular complexity index is 6060. The highest BCUT2D eigenvalue weighted by molar-refractivity contribution is 6.08. The molecule has 4 aromatic heterocycles. The van der Waals surface area contributed by atoms with Crippen LogP contribution in [0.4, 0.5) is 24.0 Å². The number of fused-ring (bicyclic) bond motifs is 12. The molecule has 8 amide bonds. The van der Waals surface area contributed by atoms with Crippen LogP contribution in [0.1, 0.15) is 200 Å². The van der Waals surface area contributed by atoms with Gasteiger partial charge in [0.1, 0.15) is 77.8 Å². The van der Waals surface area contributed by atoms with Gasteiger partial charge in [0, 0.05) is 74.1 Å². The van der Waals surface area contributed by atoms with Crippen molar-refractivity contribution < 1.29 is 90.9 Å². The molecule has 6 aliphatic heterocycles. The molecule has 35 heteroatoms. The number of likely N-dealkylation sites (tertiary alicyclic amines) is 4. The van der Waals surface area contributed by atoms with E-state index in [-0.39, 0.29) is 95.3 Å². The Morgan fingerprint density at radius 2 is 0.809 bits per heavy atom. The second kappa shape index (κ2) is 42.5. The standard InChI is InChI=1S/C48H60N8O8.C45H55N7O7.C8H15NO4/c1-9-26(4)40(53-47(59)62-7)45(57)55-21-25(3)15-37(55)43-49-20-36(51-43)30-11-13-32-31(17-30)24-64-39-19-33-29(18-34(32)39)12-14-35-42(33)52-44(50-35)38-16-28(23-61-6)22-56(38)46(58)41(27(5)10-2)54-48(60)63-8;1-9-25(3)38(50-43(54)57-8)42(53)51-20-24(2)14-35(51)40-46-19-34(48-40)28-10-12-30-29(16-28)23-58-37-18-31-27(17-32(30)37)11-13-33-39(31)49-41(47-33)36-15-26(22-56-7)21-52(36)44(55)59-45(4,5)6;1-4-5(2)6(7(10)11)9-8(12)13-3/h11-14,17-20,25-28,37-38,40-41H,9-10,15-16,21-24H2,1-8H3,(H,49,51)(H,50,52)(H,53,59)(H,54,60);10-13,16-19,24-26,35-36,38H,9,14-15,20-23H2,1-8H3,(H,46,48)(H,47,49)(H,50,54);5-6H,4H2,1-3H3,(H,9,12)(H,10,11)/t25-,26-,27?,28?,37?,38-,40-,41?;24-,25-,26?,35?,36-,38-;5-,6-/m000/s1. The number of carboxylic acid groups (broad SMARTS) is 1. The zero-order valence-electron chi connectivity index (χ0n) is 81.2. The monoisotopic (exact) mass is 1870 g/mol. The third-order valence-electron chi connectivity index (χ3n) is 27.6. The number of imidazole rings is 4. The van der Waals surface area contributed by atoms with Crippen LogP contribution in [0.5, 0.6) is 11.5 Å². The molecule has 6 aliphatic rings. The van der Waals surface area contributed by atoms with Crippen molar-refractivity contribution in [2.45, 2.75) is 209 Å². The summed E-state index contributed by atoms with van der Waals surface area (Å²) in [5.74, 6) is 3.32. The van der Waals surface area contributed by atoms with Crippen molar-refractivity contribution in [2.75, 3.05) is 82.1 Å². The number of ether oxygens (including phenoxy) is 9. The van der Waals surface area contributed by atoms with Gasteiger partial charge in [-0.15, -0.1) is 0 Å². The number of rotatable bonds is 26. The fraction of sp³-hybridized carbons (Fsp3) is 0.515. The lowest BCUT2D eigenvalue weighted by atomic mass is 9.92. The van der Waals surface area contributed by atoms with E-state index in [9.17, 15) is 43.2 Å². The zero-order chi connectivity index (χ0) is 97.6. The van der Waals surface area contributed by atoms with Crippen LogP contribution in [0.2, 0.25) is 0 Å². The maximum Gasteiger partial charge on any atom is 0.410 e. The predicted octanol–water partition coefficient (Wildman–Crippen LogP) is 16.8. The van der Waals surface area contributed by atoms with E-state index < -0.39 is 60.1 Å². The Labute approximate surface area is 791 Å². The molecule has 16 rings (SSSR count). The van der Waals surface area contributed by atoms with Crippen LogP contribution in [0.15, 0.2) is 97.3 Å². The molecule has 10 aromatic rings. The number of carboxylic acids is 1. The molecule has 0 spiro atoms. The molecule has 0 radical (unpaired) electrons. The van der Waals surface area contributed by atoms with Gasteiger partial charge in [-0.2, -0.15) is 0 Å². The molecule has 6 unspecified atom stereocenters. The number of aliphatic carboxylic acids is 1. The summed E-state index contributed by atoms with van der Waals surface area (Å²) in [5.41, 5.74) is 12.6. The van der Waals surface area contributed by atoms with Gasteiger partial charge in [-0.3, -0.25) is 19.3 Å². The predicted molar refractivity (Wildman–Crippen MR) is 511 cm³/mol. The minimum absolute atomic E-state index is 0.0690. The van der Waals surface area contributed by atoms with Crippen LogP contribution in [0, 0.1) is 47.3 Å². The lowest BCUT2D eigenvalue weighted by Crippen LogP contribution is -2.51. The number of nitrogens with zero attached hydrogens (tertiary/aromatic N) is 8. The first-order valence-corrected chi connectivity index (χ1v) is 47.2. The van der Waals surface area contributed by atoms with E-state index in [1.807, 2.05) is 108 Å². The number of amides is 8. The van der Waals surface area contributed by atoms with E-state index in [4.69, 9.17) is 62.9 Å². The summed E-state index contributed by atoms with van der Waals surface area (Å²) in [4.78, 5) is 155. The lowest BCUT2D eigenvalue weighted by Gasteiger charge is -2.30. The molecule has 0 bridgehead atoms. The summed E-state index contributed by atoms with van der Waals surface area (Å²) in [6.07, 6.45) is 6.41. The van der Waals surface area contributed by atoms with Gasteiger partial charge in [-0.05, 0) is 175 Å². The summed E-state index contributed by atoms with van der Waals surface area (Å²) in [6, 6.07) is 25.2. The fourth-order valence-electron chi connectivity index (χ4n) is 19.5. The van der Waals surface area contributed by atoms with E-state index in [0.717, 1.165) is 155 Å². The van der Waals surface area contributed by atoms with Crippen molar-refractivity contribution in [1.29, 1.82) is 0 Å². The molecule has 9 N–H and O–H groups in total. The number of aromatic nitrogens is 8. The highest BCUT2D eigenvalue weighted by atomic mass is 16.6. The number of hydrogen-bond donors (Lipinski definition) is 9. The fourth-order valence-corrected chi connectivity index (χ4v) is 19.5. The number of H-pyrrole nitrogens is 4. The van der Waals surface area contributed by atoms with Gasteiger partial charge in [0.25, 0.3) is 0 Å². The highest BCUT2D eigenvalue weighted by Crippen LogP contribution is 2.48. The first kappa shape index (κ1) is 98.9. The average Bonchev–Trinajstić information content (AvgIpc) is 1.43. The number of methoxy groups -OCH3 is 6. The van der Waals surface area contributed by atoms with Crippen LogP contribution in [-0.4, -0.2) is 231 Å². The zero-order valence-corrected chi connectivity index (χ0v) is 81.2. The second-order valence-corrected chi connectivity index (χ2v) is 38.3. The Balaban J connectivity index is 0.000000193.